The summed E-state index contributed by atoms with van der Waals surface area (Å²) >= 11 is 0. The van der Waals surface area contributed by atoms with Gasteiger partial charge in [0.2, 0.25) is 0 Å². The van der Waals surface area contributed by atoms with Gasteiger partial charge in [0.25, 0.3) is 0 Å². The van der Waals surface area contributed by atoms with Crippen LogP contribution in [0.3, 0.4) is 0 Å². The molecule has 0 radical (unpaired) electrons. The molecule has 1 fully saturated rings. The Morgan fingerprint density at radius 2 is 2.19 bits per heavy atom. The van der Waals surface area contributed by atoms with Crippen molar-refractivity contribution in [3.63, 3.8) is 0 Å². The third-order valence-electron chi connectivity index (χ3n) is 3.77. The Kier molecular flexibility index (Phi) is 5.98. The van der Waals surface area contributed by atoms with Gasteiger partial charge in [-0.1, -0.05) is 17.3 Å². The molecule has 0 atom stereocenters. The second-order valence-corrected chi connectivity index (χ2v) is 5.26. The van der Waals surface area contributed by atoms with Gasteiger partial charge in [0.05, 0.1) is 13.2 Å². The highest BCUT2D eigenvalue weighted by Gasteiger charge is 2.09. The molecule has 0 amide bonds. The monoisotopic (exact) mass is 292 g/mol. The van der Waals surface area contributed by atoms with E-state index in [1.165, 1.54) is 5.56 Å². The van der Waals surface area contributed by atoms with Crippen LogP contribution in [0.2, 0.25) is 0 Å². The average molecular weight is 292 g/mol. The summed E-state index contributed by atoms with van der Waals surface area (Å²) in [7, 11) is 0. The fraction of sp³-hybridized carbons (Fsp3) is 0.533. The van der Waals surface area contributed by atoms with E-state index in [0.29, 0.717) is 0 Å². The Balaban J connectivity index is 1.77. The predicted octanol–water partition coefficient (Wildman–Crippen LogP) is 0.511. The molecule has 1 aromatic rings. The third kappa shape index (κ3) is 4.70. The first-order valence-corrected chi connectivity index (χ1v) is 7.29. The standard InChI is InChI=1S/C15H24N4O2/c1-12-10-13(15(16)18-20)2-3-14(12)11-17-4-5-19-6-8-21-9-7-19/h2-3,10,17,20H,4-9,11H2,1H3,(H2,16,18). The number of nitrogens with one attached hydrogen (secondary N) is 1. The molecular weight excluding hydrogens is 268 g/mol. The summed E-state index contributed by atoms with van der Waals surface area (Å²) in [6.45, 7) is 8.60. The summed E-state index contributed by atoms with van der Waals surface area (Å²) in [6, 6.07) is 5.83. The van der Waals surface area contributed by atoms with Crippen LogP contribution in [-0.2, 0) is 11.3 Å². The molecule has 1 aliphatic rings. The third-order valence-corrected chi connectivity index (χ3v) is 3.77. The zero-order chi connectivity index (χ0) is 15.1. The average Bonchev–Trinajstić information content (AvgIpc) is 2.53. The molecule has 0 unspecified atom stereocenters. The summed E-state index contributed by atoms with van der Waals surface area (Å²) in [5.74, 6) is 0.143. The van der Waals surface area contributed by atoms with Crippen LogP contribution in [0.25, 0.3) is 0 Å². The van der Waals surface area contributed by atoms with Gasteiger partial charge in [0.15, 0.2) is 5.84 Å². The van der Waals surface area contributed by atoms with E-state index in [1.807, 2.05) is 25.1 Å². The molecule has 0 aromatic heterocycles. The van der Waals surface area contributed by atoms with Crippen LogP contribution in [-0.4, -0.2) is 55.3 Å². The van der Waals surface area contributed by atoms with Gasteiger partial charge in [-0.3, -0.25) is 4.90 Å². The molecule has 6 heteroatoms. The van der Waals surface area contributed by atoms with Crippen LogP contribution in [0.5, 0.6) is 0 Å². The van der Waals surface area contributed by atoms with E-state index in [1.54, 1.807) is 0 Å². The first-order valence-electron chi connectivity index (χ1n) is 7.29. The number of hydrogen-bond donors (Lipinski definition) is 3. The van der Waals surface area contributed by atoms with Crippen LogP contribution in [0.1, 0.15) is 16.7 Å². The highest BCUT2D eigenvalue weighted by atomic mass is 16.5. The van der Waals surface area contributed by atoms with Crippen LogP contribution in [0.15, 0.2) is 23.4 Å². The van der Waals surface area contributed by atoms with Crippen molar-refractivity contribution in [3.8, 4) is 0 Å². The molecular formula is C15H24N4O2. The SMILES string of the molecule is Cc1cc(/C(N)=N/O)ccc1CNCCN1CCOCC1. The zero-order valence-electron chi connectivity index (χ0n) is 12.5. The quantitative estimate of drug-likeness (QED) is 0.234. The van der Waals surface area contributed by atoms with E-state index >= 15 is 0 Å². The summed E-state index contributed by atoms with van der Waals surface area (Å²) in [5, 5.41) is 15.2. The summed E-state index contributed by atoms with van der Waals surface area (Å²) in [6.07, 6.45) is 0. The van der Waals surface area contributed by atoms with E-state index in [-0.39, 0.29) is 5.84 Å². The van der Waals surface area contributed by atoms with E-state index in [2.05, 4.69) is 15.4 Å². The summed E-state index contributed by atoms with van der Waals surface area (Å²) in [5.41, 5.74) is 8.69. The minimum Gasteiger partial charge on any atom is -0.409 e. The number of amidine groups is 1. The van der Waals surface area contributed by atoms with E-state index in [9.17, 15) is 0 Å². The Morgan fingerprint density at radius 3 is 2.86 bits per heavy atom. The van der Waals surface area contributed by atoms with E-state index < -0.39 is 0 Å². The van der Waals surface area contributed by atoms with Gasteiger partial charge in [-0.25, -0.2) is 0 Å². The molecule has 116 valence electrons. The maximum absolute atomic E-state index is 8.68. The summed E-state index contributed by atoms with van der Waals surface area (Å²) < 4.78 is 5.33. The molecule has 4 N–H and O–H groups in total. The van der Waals surface area contributed by atoms with Crippen LogP contribution in [0.4, 0.5) is 0 Å². The lowest BCUT2D eigenvalue weighted by molar-refractivity contribution is 0.0384. The van der Waals surface area contributed by atoms with Crippen molar-refractivity contribution in [2.75, 3.05) is 39.4 Å². The molecule has 1 heterocycles. The maximum Gasteiger partial charge on any atom is 0.170 e. The Hall–Kier alpha value is -1.63. The maximum atomic E-state index is 8.68. The van der Waals surface area contributed by atoms with Gasteiger partial charge in [0.1, 0.15) is 0 Å². The molecule has 2 rings (SSSR count). The van der Waals surface area contributed by atoms with Crippen molar-refractivity contribution in [1.29, 1.82) is 0 Å². The first kappa shape index (κ1) is 15.8. The number of ether oxygens (including phenoxy) is 1. The van der Waals surface area contributed by atoms with E-state index in [0.717, 1.165) is 57.1 Å². The molecule has 1 aliphatic heterocycles. The molecule has 1 aromatic carbocycles. The highest BCUT2D eigenvalue weighted by molar-refractivity contribution is 5.97. The molecule has 0 spiro atoms. The Bertz CT molecular complexity index is 485. The van der Waals surface area contributed by atoms with E-state index in [4.69, 9.17) is 15.7 Å². The van der Waals surface area contributed by atoms with Crippen molar-refractivity contribution in [2.45, 2.75) is 13.5 Å². The Labute approximate surface area is 125 Å². The number of benzene rings is 1. The van der Waals surface area contributed by atoms with Crippen molar-refractivity contribution >= 4 is 5.84 Å². The van der Waals surface area contributed by atoms with Gasteiger partial charge in [-0.15, -0.1) is 0 Å². The zero-order valence-corrected chi connectivity index (χ0v) is 12.5. The normalized spacial score (nSPS) is 17.1. The number of oxime groups is 1. The number of nitrogens with zero attached hydrogens (tertiary/aromatic N) is 2. The summed E-state index contributed by atoms with van der Waals surface area (Å²) in [4.78, 5) is 2.41. The topological polar surface area (TPSA) is 83.1 Å². The van der Waals surface area contributed by atoms with Crippen molar-refractivity contribution < 1.29 is 9.94 Å². The largest absolute Gasteiger partial charge is 0.409 e. The number of nitrogens with two attached hydrogens (primary N) is 1. The van der Waals surface area contributed by atoms with Gasteiger partial charge < -0.3 is 21.0 Å². The molecule has 6 nitrogen and oxygen atoms in total. The van der Waals surface area contributed by atoms with Gasteiger partial charge >= 0.3 is 0 Å². The van der Waals surface area contributed by atoms with Gasteiger partial charge in [0, 0.05) is 38.3 Å². The fourth-order valence-corrected chi connectivity index (χ4v) is 2.40. The highest BCUT2D eigenvalue weighted by Crippen LogP contribution is 2.11. The lowest BCUT2D eigenvalue weighted by Crippen LogP contribution is -2.40. The molecule has 21 heavy (non-hydrogen) atoms. The first-order chi connectivity index (χ1) is 10.2. The van der Waals surface area contributed by atoms with Gasteiger partial charge in [-0.2, -0.15) is 0 Å². The van der Waals surface area contributed by atoms with Crippen LogP contribution < -0.4 is 11.1 Å². The van der Waals surface area contributed by atoms with Crippen molar-refractivity contribution in [3.05, 3.63) is 34.9 Å². The Morgan fingerprint density at radius 1 is 1.43 bits per heavy atom. The second-order valence-electron chi connectivity index (χ2n) is 5.26. The van der Waals surface area contributed by atoms with Crippen LogP contribution in [0, 0.1) is 6.92 Å². The minimum absolute atomic E-state index is 0.143. The number of hydrogen-bond acceptors (Lipinski definition) is 5. The number of aryl methyl sites for hydroxylation is 1. The fourth-order valence-electron chi connectivity index (χ4n) is 2.40. The van der Waals surface area contributed by atoms with Crippen LogP contribution >= 0.6 is 0 Å². The lowest BCUT2D eigenvalue weighted by atomic mass is 10.0. The second kappa shape index (κ2) is 7.97. The smallest absolute Gasteiger partial charge is 0.170 e. The number of morpholine rings is 1. The number of rotatable bonds is 6. The molecule has 0 aliphatic carbocycles. The lowest BCUT2D eigenvalue weighted by Gasteiger charge is -2.26. The van der Waals surface area contributed by atoms with Gasteiger partial charge in [-0.05, 0) is 24.1 Å². The molecule has 0 bridgehead atoms. The van der Waals surface area contributed by atoms with Crippen molar-refractivity contribution in [1.82, 2.24) is 10.2 Å². The molecule has 0 saturated carbocycles. The van der Waals surface area contributed by atoms with Crippen molar-refractivity contribution in [2.24, 2.45) is 10.9 Å². The minimum atomic E-state index is 0.143. The predicted molar refractivity (Wildman–Crippen MR) is 82.7 cm³/mol. The molecule has 1 saturated heterocycles.